The molecule has 0 aliphatic rings. The molecule has 2 aromatic rings. The van der Waals surface area contributed by atoms with E-state index in [1.165, 1.54) is 0 Å². The van der Waals surface area contributed by atoms with Crippen molar-refractivity contribution >= 4 is 54.5 Å². The maximum absolute atomic E-state index is 5.66. The molecule has 0 N–H and O–H groups in total. The standard InChI is InChI=1S/C11H9Br2IN2O/c1-2-8(13)11-16-15-10(17-11)7-5-6(12)3-4-9(7)14/h3-5,8H,2H2,1H3. The lowest BCUT2D eigenvalue weighted by atomic mass is 10.2. The van der Waals surface area contributed by atoms with E-state index < -0.39 is 0 Å². The first kappa shape index (κ1) is 13.5. The molecule has 17 heavy (non-hydrogen) atoms. The van der Waals surface area contributed by atoms with Crippen LogP contribution in [0.3, 0.4) is 0 Å². The van der Waals surface area contributed by atoms with Crippen LogP contribution in [0, 0.1) is 3.57 Å². The highest BCUT2D eigenvalue weighted by Crippen LogP contribution is 2.31. The van der Waals surface area contributed by atoms with Crippen molar-refractivity contribution in [2.24, 2.45) is 0 Å². The summed E-state index contributed by atoms with van der Waals surface area (Å²) in [6.45, 7) is 2.06. The number of benzene rings is 1. The molecule has 0 aliphatic carbocycles. The minimum atomic E-state index is 0.119. The van der Waals surface area contributed by atoms with Crippen molar-refractivity contribution in [3.63, 3.8) is 0 Å². The molecule has 0 amide bonds. The van der Waals surface area contributed by atoms with Crippen LogP contribution in [-0.4, -0.2) is 10.2 Å². The minimum absolute atomic E-state index is 0.119. The zero-order chi connectivity index (χ0) is 12.4. The van der Waals surface area contributed by atoms with E-state index in [0.29, 0.717) is 11.8 Å². The number of alkyl halides is 1. The zero-order valence-electron chi connectivity index (χ0n) is 8.95. The molecular weight excluding hydrogens is 463 g/mol. The van der Waals surface area contributed by atoms with Crippen molar-refractivity contribution in [3.05, 3.63) is 32.1 Å². The van der Waals surface area contributed by atoms with Crippen molar-refractivity contribution < 1.29 is 4.42 Å². The Morgan fingerprint density at radius 2 is 2.18 bits per heavy atom. The summed E-state index contributed by atoms with van der Waals surface area (Å²) in [5.74, 6) is 1.18. The summed E-state index contributed by atoms with van der Waals surface area (Å²) < 4.78 is 7.75. The molecule has 1 atom stereocenters. The molecule has 1 aromatic heterocycles. The van der Waals surface area contributed by atoms with E-state index in [2.05, 4.69) is 71.6 Å². The van der Waals surface area contributed by atoms with Gasteiger partial charge in [0.2, 0.25) is 11.8 Å². The van der Waals surface area contributed by atoms with Crippen LogP contribution >= 0.6 is 54.5 Å². The molecular formula is C11H9Br2IN2O. The van der Waals surface area contributed by atoms with Crippen molar-refractivity contribution in [1.82, 2.24) is 10.2 Å². The summed E-state index contributed by atoms with van der Waals surface area (Å²) in [5, 5.41) is 8.14. The molecule has 3 nitrogen and oxygen atoms in total. The third-order valence-corrected chi connectivity index (χ3v) is 4.70. The van der Waals surface area contributed by atoms with Gasteiger partial charge in [-0.05, 0) is 47.2 Å². The van der Waals surface area contributed by atoms with Gasteiger partial charge >= 0.3 is 0 Å². The number of hydrogen-bond acceptors (Lipinski definition) is 3. The Labute approximate surface area is 130 Å². The Hall–Kier alpha value is 0.0500. The van der Waals surface area contributed by atoms with Gasteiger partial charge < -0.3 is 4.42 Å². The highest BCUT2D eigenvalue weighted by molar-refractivity contribution is 14.1. The number of hydrogen-bond donors (Lipinski definition) is 0. The Bertz CT molecular complexity index is 530. The van der Waals surface area contributed by atoms with Crippen molar-refractivity contribution in [3.8, 4) is 11.5 Å². The average molecular weight is 472 g/mol. The van der Waals surface area contributed by atoms with Crippen molar-refractivity contribution in [2.45, 2.75) is 18.2 Å². The van der Waals surface area contributed by atoms with Crippen LogP contribution in [0.5, 0.6) is 0 Å². The van der Waals surface area contributed by atoms with Gasteiger partial charge in [-0.3, -0.25) is 0 Å². The Morgan fingerprint density at radius 1 is 1.41 bits per heavy atom. The molecule has 0 radical (unpaired) electrons. The number of nitrogens with zero attached hydrogens (tertiary/aromatic N) is 2. The largest absolute Gasteiger partial charge is 0.419 e. The highest BCUT2D eigenvalue weighted by atomic mass is 127. The normalized spacial score (nSPS) is 12.7. The van der Waals surface area contributed by atoms with Crippen LogP contribution in [0.25, 0.3) is 11.5 Å². The predicted molar refractivity (Wildman–Crippen MR) is 82.1 cm³/mol. The van der Waals surface area contributed by atoms with E-state index >= 15 is 0 Å². The monoisotopic (exact) mass is 470 g/mol. The zero-order valence-corrected chi connectivity index (χ0v) is 14.3. The third-order valence-electron chi connectivity index (χ3n) is 2.23. The Kier molecular flexibility index (Phi) is 4.59. The second-order valence-electron chi connectivity index (χ2n) is 3.45. The fourth-order valence-corrected chi connectivity index (χ4v) is 2.42. The number of halogens is 3. The third kappa shape index (κ3) is 3.08. The second-order valence-corrected chi connectivity index (χ2v) is 6.63. The average Bonchev–Trinajstić information content (AvgIpc) is 2.80. The molecule has 0 saturated heterocycles. The van der Waals surface area contributed by atoms with E-state index in [1.54, 1.807) is 0 Å². The van der Waals surface area contributed by atoms with Crippen LogP contribution < -0.4 is 0 Å². The first-order valence-electron chi connectivity index (χ1n) is 5.04. The summed E-state index contributed by atoms with van der Waals surface area (Å²) in [6, 6.07) is 5.98. The molecule has 1 heterocycles. The molecule has 90 valence electrons. The second kappa shape index (κ2) is 5.79. The van der Waals surface area contributed by atoms with Gasteiger partial charge in [-0.2, -0.15) is 0 Å². The minimum Gasteiger partial charge on any atom is -0.419 e. The van der Waals surface area contributed by atoms with Gasteiger partial charge in [-0.1, -0.05) is 38.8 Å². The fourth-order valence-electron chi connectivity index (χ4n) is 1.31. The van der Waals surface area contributed by atoms with Crippen molar-refractivity contribution in [1.29, 1.82) is 0 Å². The van der Waals surface area contributed by atoms with Gasteiger partial charge in [0, 0.05) is 8.04 Å². The van der Waals surface area contributed by atoms with E-state index in [-0.39, 0.29) is 4.83 Å². The van der Waals surface area contributed by atoms with Crippen LogP contribution in [0.4, 0.5) is 0 Å². The molecule has 0 fully saturated rings. The first-order chi connectivity index (χ1) is 8.11. The molecule has 0 saturated carbocycles. The molecule has 6 heteroatoms. The van der Waals surface area contributed by atoms with E-state index in [1.807, 2.05) is 18.2 Å². The van der Waals surface area contributed by atoms with Crippen LogP contribution in [0.1, 0.15) is 24.1 Å². The van der Waals surface area contributed by atoms with E-state index in [0.717, 1.165) is 20.0 Å². The van der Waals surface area contributed by atoms with Gasteiger partial charge in [-0.25, -0.2) is 0 Å². The van der Waals surface area contributed by atoms with Crippen LogP contribution in [0.2, 0.25) is 0 Å². The van der Waals surface area contributed by atoms with Gasteiger partial charge in [-0.15, -0.1) is 10.2 Å². The lowest BCUT2D eigenvalue weighted by molar-refractivity contribution is 0.500. The molecule has 0 bridgehead atoms. The number of aromatic nitrogens is 2. The predicted octanol–water partition coefficient (Wildman–Crippen LogP) is 4.95. The molecule has 1 aromatic carbocycles. The lowest BCUT2D eigenvalue weighted by Gasteiger charge is -2.01. The maximum atomic E-state index is 5.66. The van der Waals surface area contributed by atoms with E-state index in [9.17, 15) is 0 Å². The lowest BCUT2D eigenvalue weighted by Crippen LogP contribution is -1.86. The molecule has 2 rings (SSSR count). The van der Waals surface area contributed by atoms with Gasteiger partial charge in [0.15, 0.2) is 0 Å². The SMILES string of the molecule is CCC(Br)c1nnc(-c2cc(Br)ccc2I)o1. The summed E-state index contributed by atoms with van der Waals surface area (Å²) in [7, 11) is 0. The highest BCUT2D eigenvalue weighted by Gasteiger charge is 2.16. The van der Waals surface area contributed by atoms with Gasteiger partial charge in [0.25, 0.3) is 0 Å². The Balaban J connectivity index is 2.40. The first-order valence-corrected chi connectivity index (χ1v) is 7.83. The Morgan fingerprint density at radius 3 is 2.88 bits per heavy atom. The fraction of sp³-hybridized carbons (Fsp3) is 0.273. The van der Waals surface area contributed by atoms with Crippen LogP contribution in [-0.2, 0) is 0 Å². The van der Waals surface area contributed by atoms with Gasteiger partial charge in [0.1, 0.15) is 0 Å². The summed E-state index contributed by atoms with van der Waals surface area (Å²) in [5.41, 5.74) is 0.953. The molecule has 0 aliphatic heterocycles. The smallest absolute Gasteiger partial charge is 0.248 e. The molecule has 1 unspecified atom stereocenters. The summed E-state index contributed by atoms with van der Waals surface area (Å²) in [6.07, 6.45) is 0.914. The quantitative estimate of drug-likeness (QED) is 0.469. The van der Waals surface area contributed by atoms with Gasteiger partial charge in [0.05, 0.1) is 10.4 Å². The summed E-state index contributed by atoms with van der Waals surface area (Å²) in [4.78, 5) is 0.119. The van der Waals surface area contributed by atoms with Crippen molar-refractivity contribution in [2.75, 3.05) is 0 Å². The number of rotatable bonds is 3. The van der Waals surface area contributed by atoms with E-state index in [4.69, 9.17) is 4.42 Å². The molecule has 0 spiro atoms. The van der Waals surface area contributed by atoms with Crippen LogP contribution in [0.15, 0.2) is 27.1 Å². The summed E-state index contributed by atoms with van der Waals surface area (Å²) >= 11 is 9.19. The maximum Gasteiger partial charge on any atom is 0.248 e. The topological polar surface area (TPSA) is 38.9 Å².